The van der Waals surface area contributed by atoms with Gasteiger partial charge in [-0.05, 0) is 91.1 Å². The van der Waals surface area contributed by atoms with Gasteiger partial charge in [-0.2, -0.15) is 0 Å². The molecule has 0 spiro atoms. The molecule has 2 atom stereocenters. The number of hydrogen-bond acceptors (Lipinski definition) is 11. The van der Waals surface area contributed by atoms with E-state index in [0.717, 1.165) is 89.9 Å². The number of carbonyl (C=O) groups is 5. The van der Waals surface area contributed by atoms with Crippen LogP contribution in [0.15, 0.2) is 48.6 Å². The summed E-state index contributed by atoms with van der Waals surface area (Å²) in [5.74, 6) is -2.67. The van der Waals surface area contributed by atoms with Gasteiger partial charge in [0.05, 0.1) is 19.4 Å². The number of aliphatic hydroxyl groups excluding tert-OH is 1. The Morgan fingerprint density at radius 3 is 1.43 bits per heavy atom. The van der Waals surface area contributed by atoms with Gasteiger partial charge in [-0.1, -0.05) is 141 Å². The predicted octanol–water partition coefficient (Wildman–Crippen LogP) is 11.0. The first-order valence-corrected chi connectivity index (χ1v) is 25.2. The molecule has 1 amide bonds. The third-order valence-electron chi connectivity index (χ3n) is 10.8. The zero-order valence-corrected chi connectivity index (χ0v) is 41.8. The van der Waals surface area contributed by atoms with Crippen LogP contribution in [0.5, 0.6) is 0 Å². The topological polar surface area (TPSA) is 158 Å². The van der Waals surface area contributed by atoms with Crippen LogP contribution in [0.4, 0.5) is 0 Å². The van der Waals surface area contributed by atoms with Crippen molar-refractivity contribution in [2.45, 2.75) is 207 Å². The van der Waals surface area contributed by atoms with Crippen molar-refractivity contribution in [2.24, 2.45) is 5.41 Å². The van der Waals surface area contributed by atoms with Gasteiger partial charge >= 0.3 is 23.9 Å². The molecule has 12 heteroatoms. The first-order valence-electron chi connectivity index (χ1n) is 25.2. The summed E-state index contributed by atoms with van der Waals surface area (Å²) in [5, 5.41) is 13.1. The molecule has 1 unspecified atom stereocenters. The van der Waals surface area contributed by atoms with Crippen molar-refractivity contribution in [3.63, 3.8) is 0 Å². The van der Waals surface area contributed by atoms with Gasteiger partial charge < -0.3 is 34.3 Å². The lowest BCUT2D eigenvalue weighted by Crippen LogP contribution is -2.46. The monoisotopic (exact) mass is 917 g/mol. The highest BCUT2D eigenvalue weighted by atomic mass is 16.6. The van der Waals surface area contributed by atoms with E-state index in [-0.39, 0.29) is 52.0 Å². The van der Waals surface area contributed by atoms with Crippen LogP contribution < -0.4 is 5.32 Å². The van der Waals surface area contributed by atoms with Crippen molar-refractivity contribution in [3.8, 4) is 0 Å². The average molecular weight is 917 g/mol. The third-order valence-corrected chi connectivity index (χ3v) is 10.8. The van der Waals surface area contributed by atoms with Gasteiger partial charge in [-0.25, -0.2) is 0 Å². The molecule has 0 aromatic heterocycles. The number of aliphatic hydroxyl groups is 1. The van der Waals surface area contributed by atoms with Crippen LogP contribution in [0.1, 0.15) is 195 Å². The van der Waals surface area contributed by atoms with E-state index in [1.54, 1.807) is 13.8 Å². The summed E-state index contributed by atoms with van der Waals surface area (Å²) < 4.78 is 21.7. The zero-order valence-electron chi connectivity index (χ0n) is 41.8. The lowest BCUT2D eigenvalue weighted by atomic mass is 9.87. The van der Waals surface area contributed by atoms with Gasteiger partial charge in [-0.15, -0.1) is 0 Å². The molecular formula is C53H92N2O10. The Labute approximate surface area is 394 Å². The van der Waals surface area contributed by atoms with Gasteiger partial charge in [0, 0.05) is 31.3 Å². The molecule has 0 aliphatic rings. The van der Waals surface area contributed by atoms with Crippen LogP contribution >= 0.6 is 0 Å². The highest BCUT2D eigenvalue weighted by Gasteiger charge is 2.35. The number of unbranched alkanes of at least 4 members (excludes halogenated alkanes) is 16. The molecule has 65 heavy (non-hydrogen) atoms. The van der Waals surface area contributed by atoms with E-state index in [4.69, 9.17) is 18.9 Å². The predicted molar refractivity (Wildman–Crippen MR) is 262 cm³/mol. The molecule has 0 bridgehead atoms. The number of nitrogens with one attached hydrogen (secondary N) is 1. The highest BCUT2D eigenvalue weighted by molar-refractivity contribution is 5.82. The number of amides is 1. The van der Waals surface area contributed by atoms with Gasteiger partial charge in [0.1, 0.15) is 19.3 Å². The normalized spacial score (nSPS) is 13.0. The maximum atomic E-state index is 12.8. The first kappa shape index (κ1) is 61.2. The lowest BCUT2D eigenvalue weighted by Gasteiger charge is -2.29. The zero-order chi connectivity index (χ0) is 48.2. The molecular weight excluding hydrogens is 825 g/mol. The Morgan fingerprint density at radius 2 is 0.954 bits per heavy atom. The first-order chi connectivity index (χ1) is 31.3. The second-order valence-electron chi connectivity index (χ2n) is 18.1. The van der Waals surface area contributed by atoms with Crippen LogP contribution in [-0.2, 0) is 42.9 Å². The molecule has 0 saturated heterocycles. The number of hydrogen-bond donors (Lipinski definition) is 2. The number of allylic oxidation sites excluding steroid dienone is 8. The van der Waals surface area contributed by atoms with Crippen LogP contribution in [0.2, 0.25) is 0 Å². The van der Waals surface area contributed by atoms with E-state index in [1.165, 1.54) is 38.5 Å². The molecule has 0 heterocycles. The summed E-state index contributed by atoms with van der Waals surface area (Å²) in [4.78, 5) is 64.6. The quantitative estimate of drug-likeness (QED) is 0.0260. The van der Waals surface area contributed by atoms with Crippen LogP contribution in [-0.4, -0.2) is 99.0 Å². The van der Waals surface area contributed by atoms with Crippen molar-refractivity contribution in [2.75, 3.05) is 47.0 Å². The second-order valence-corrected chi connectivity index (χ2v) is 18.1. The molecule has 0 saturated carbocycles. The fourth-order valence-electron chi connectivity index (χ4n) is 6.51. The minimum absolute atomic E-state index is 0.118. The number of ether oxygens (including phenoxy) is 4. The van der Waals surface area contributed by atoms with E-state index >= 15 is 0 Å². The summed E-state index contributed by atoms with van der Waals surface area (Å²) in [7, 11) is 3.68. The SMILES string of the molecule is CCCCC/C=C\C/C=C\CCCCCCCC(=O)OCC(COC(=O)CCNC(=O)[C@H](O)C(C)(C)COC(=O)CCN(C)C)OC(=O)CCCCCCC/C=C\C/C=C\CCCCC. The Morgan fingerprint density at radius 1 is 0.538 bits per heavy atom. The van der Waals surface area contributed by atoms with Crippen molar-refractivity contribution >= 4 is 29.8 Å². The molecule has 0 fully saturated rings. The van der Waals surface area contributed by atoms with Crippen LogP contribution in [0, 0.1) is 5.41 Å². The summed E-state index contributed by atoms with van der Waals surface area (Å²) in [5.41, 5.74) is -1.07. The fourth-order valence-corrected chi connectivity index (χ4v) is 6.51. The highest BCUT2D eigenvalue weighted by Crippen LogP contribution is 2.22. The molecule has 0 aliphatic carbocycles. The number of nitrogens with zero attached hydrogens (tertiary/aromatic N) is 1. The minimum atomic E-state index is -1.50. The van der Waals surface area contributed by atoms with E-state index in [1.807, 2.05) is 19.0 Å². The molecule has 0 aromatic carbocycles. The Kier molecular flexibility index (Phi) is 40.4. The fraction of sp³-hybridized carbons (Fsp3) is 0.755. The standard InChI is InChI=1S/C53H92N2O10/c1-7-9-11-13-15-17-19-21-23-25-27-29-31-33-35-37-47(56)62-43-46(65-50(59)38-36-34-32-30-28-26-24-22-20-18-16-14-12-10-8-2)44-63-48(57)39-41-54-52(61)51(60)53(3,4)45-64-49(58)40-42-55(5)6/h15-18,21-24,46,51,60H,7-14,19-20,25-45H2,1-6H3,(H,54,61)/b17-15-,18-16-,23-21-,24-22-/t46?,51-/m0/s1. The summed E-state index contributed by atoms with van der Waals surface area (Å²) >= 11 is 0. The molecule has 0 aromatic rings. The van der Waals surface area contributed by atoms with Crippen LogP contribution in [0.3, 0.4) is 0 Å². The number of carbonyl (C=O) groups excluding carboxylic acids is 5. The number of rotatable bonds is 43. The molecule has 2 N–H and O–H groups in total. The van der Waals surface area contributed by atoms with Crippen molar-refractivity contribution in [1.82, 2.24) is 10.2 Å². The smallest absolute Gasteiger partial charge is 0.307 e. The molecule has 0 radical (unpaired) electrons. The maximum Gasteiger partial charge on any atom is 0.307 e. The molecule has 12 nitrogen and oxygen atoms in total. The van der Waals surface area contributed by atoms with E-state index in [2.05, 4.69) is 67.8 Å². The van der Waals surface area contributed by atoms with E-state index in [9.17, 15) is 29.1 Å². The lowest BCUT2D eigenvalue weighted by molar-refractivity contribution is -0.167. The molecule has 374 valence electrons. The van der Waals surface area contributed by atoms with Gasteiger partial charge in [-0.3, -0.25) is 24.0 Å². The van der Waals surface area contributed by atoms with Crippen molar-refractivity contribution < 1.29 is 48.0 Å². The van der Waals surface area contributed by atoms with Gasteiger partial charge in [0.2, 0.25) is 5.91 Å². The average Bonchev–Trinajstić information content (AvgIpc) is 3.28. The van der Waals surface area contributed by atoms with Crippen LogP contribution in [0.25, 0.3) is 0 Å². The largest absolute Gasteiger partial charge is 0.465 e. The summed E-state index contributed by atoms with van der Waals surface area (Å²) in [6.07, 6.45) is 39.5. The third kappa shape index (κ3) is 40.3. The van der Waals surface area contributed by atoms with Crippen molar-refractivity contribution in [3.05, 3.63) is 48.6 Å². The summed E-state index contributed by atoms with van der Waals surface area (Å²) in [6.45, 7) is 7.33. The van der Waals surface area contributed by atoms with Gasteiger partial charge in [0.25, 0.3) is 0 Å². The summed E-state index contributed by atoms with van der Waals surface area (Å²) in [6, 6.07) is 0. The number of esters is 4. The molecule has 0 aliphatic heterocycles. The maximum absolute atomic E-state index is 12.8. The van der Waals surface area contributed by atoms with E-state index in [0.29, 0.717) is 19.4 Å². The van der Waals surface area contributed by atoms with E-state index < -0.39 is 47.4 Å². The van der Waals surface area contributed by atoms with Gasteiger partial charge in [0.15, 0.2) is 6.10 Å². The Balaban J connectivity index is 4.77. The second kappa shape index (κ2) is 42.8. The molecule has 0 rings (SSSR count). The Bertz CT molecular complexity index is 1360. The minimum Gasteiger partial charge on any atom is -0.465 e. The van der Waals surface area contributed by atoms with Crippen molar-refractivity contribution in [1.29, 1.82) is 0 Å². The Hall–Kier alpha value is -3.77.